The van der Waals surface area contributed by atoms with Crippen molar-refractivity contribution in [3.8, 4) is 11.5 Å². The highest BCUT2D eigenvalue weighted by molar-refractivity contribution is 5.78. The number of carbonyl (C=O) groups is 1. The molecule has 19 heavy (non-hydrogen) atoms. The van der Waals surface area contributed by atoms with Gasteiger partial charge in [-0.25, -0.2) is 0 Å². The summed E-state index contributed by atoms with van der Waals surface area (Å²) in [6, 6.07) is 5.85. The van der Waals surface area contributed by atoms with Crippen LogP contribution in [0.15, 0.2) is 18.2 Å². The molecule has 3 N–H and O–H groups in total. The van der Waals surface area contributed by atoms with Gasteiger partial charge in [-0.3, -0.25) is 4.79 Å². The zero-order valence-electron chi connectivity index (χ0n) is 11.3. The van der Waals surface area contributed by atoms with Gasteiger partial charge < -0.3 is 20.5 Å². The third kappa shape index (κ3) is 3.17. The van der Waals surface area contributed by atoms with Crippen LogP contribution in [0.3, 0.4) is 0 Å². The number of fused-ring (bicyclic) bond motifs is 1. The van der Waals surface area contributed by atoms with Crippen LogP contribution in [0.25, 0.3) is 0 Å². The lowest BCUT2D eigenvalue weighted by Crippen LogP contribution is -2.30. The van der Waals surface area contributed by atoms with E-state index in [9.17, 15) is 4.79 Å². The number of nitrogens with one attached hydrogen (secondary N) is 1. The molecular formula is C14H20N2O3. The van der Waals surface area contributed by atoms with Crippen molar-refractivity contribution in [1.82, 2.24) is 5.32 Å². The van der Waals surface area contributed by atoms with Crippen molar-refractivity contribution in [1.29, 1.82) is 0 Å². The Morgan fingerprint density at radius 1 is 1.63 bits per heavy atom. The van der Waals surface area contributed by atoms with E-state index in [1.165, 1.54) is 0 Å². The summed E-state index contributed by atoms with van der Waals surface area (Å²) in [5.41, 5.74) is 6.30. The minimum Gasteiger partial charge on any atom is -0.491 e. The van der Waals surface area contributed by atoms with Crippen LogP contribution in [0.4, 0.5) is 0 Å². The second-order valence-electron chi connectivity index (χ2n) is 4.68. The molecule has 0 radical (unpaired) electrons. The predicted octanol–water partition coefficient (Wildman–Crippen LogP) is 1.37. The largest absolute Gasteiger partial charge is 0.491 e. The summed E-state index contributed by atoms with van der Waals surface area (Å²) in [5, 5.41) is 3.43. The summed E-state index contributed by atoms with van der Waals surface area (Å²) in [7, 11) is 0. The highest BCUT2D eigenvalue weighted by atomic mass is 16.5. The van der Waals surface area contributed by atoms with Gasteiger partial charge >= 0.3 is 0 Å². The maximum Gasteiger partial charge on any atom is 0.258 e. The molecule has 2 atom stereocenters. The lowest BCUT2D eigenvalue weighted by molar-refractivity contribution is -0.123. The van der Waals surface area contributed by atoms with Crippen LogP contribution >= 0.6 is 0 Å². The number of primary amides is 1. The standard InChI is InChI=1S/C14H20N2O3/c1-3-6-16-12-8-18-13-7-10(4-5-11(12)13)19-9(2)14(15)17/h4-5,7,9,12,16H,3,6,8H2,1-2H3,(H2,15,17). The highest BCUT2D eigenvalue weighted by Crippen LogP contribution is 2.35. The molecule has 2 rings (SSSR count). The molecule has 104 valence electrons. The van der Waals surface area contributed by atoms with E-state index in [-0.39, 0.29) is 6.04 Å². The number of ether oxygens (including phenoxy) is 2. The van der Waals surface area contributed by atoms with Crippen molar-refractivity contribution in [3.05, 3.63) is 23.8 Å². The third-order valence-electron chi connectivity index (χ3n) is 3.12. The third-order valence-corrected chi connectivity index (χ3v) is 3.12. The predicted molar refractivity (Wildman–Crippen MR) is 72.3 cm³/mol. The van der Waals surface area contributed by atoms with E-state index in [2.05, 4.69) is 12.2 Å². The van der Waals surface area contributed by atoms with E-state index in [0.29, 0.717) is 12.4 Å². The molecule has 1 aliphatic heterocycles. The van der Waals surface area contributed by atoms with E-state index in [4.69, 9.17) is 15.2 Å². The minimum absolute atomic E-state index is 0.234. The molecule has 0 aliphatic carbocycles. The summed E-state index contributed by atoms with van der Waals surface area (Å²) in [5.74, 6) is 0.924. The Balaban J connectivity index is 2.07. The van der Waals surface area contributed by atoms with E-state index < -0.39 is 12.0 Å². The number of hydrogen-bond acceptors (Lipinski definition) is 4. The smallest absolute Gasteiger partial charge is 0.258 e. The molecule has 1 aromatic carbocycles. The van der Waals surface area contributed by atoms with E-state index in [1.807, 2.05) is 18.2 Å². The fraction of sp³-hybridized carbons (Fsp3) is 0.500. The van der Waals surface area contributed by atoms with Crippen molar-refractivity contribution in [2.45, 2.75) is 32.4 Å². The van der Waals surface area contributed by atoms with Crippen LogP contribution in [0.2, 0.25) is 0 Å². The maximum absolute atomic E-state index is 11.0. The molecular weight excluding hydrogens is 244 g/mol. The topological polar surface area (TPSA) is 73.6 Å². The summed E-state index contributed by atoms with van der Waals surface area (Å²) < 4.78 is 11.1. The number of rotatable bonds is 6. The highest BCUT2D eigenvalue weighted by Gasteiger charge is 2.24. The average Bonchev–Trinajstić information content (AvgIpc) is 2.78. The Morgan fingerprint density at radius 3 is 3.11 bits per heavy atom. The van der Waals surface area contributed by atoms with Crippen LogP contribution in [0.5, 0.6) is 11.5 Å². The van der Waals surface area contributed by atoms with E-state index in [0.717, 1.165) is 24.3 Å². The first-order valence-corrected chi connectivity index (χ1v) is 6.58. The van der Waals surface area contributed by atoms with Crippen molar-refractivity contribution in [2.75, 3.05) is 13.2 Å². The van der Waals surface area contributed by atoms with Gasteiger partial charge in [-0.05, 0) is 32.0 Å². The van der Waals surface area contributed by atoms with Gasteiger partial charge in [0, 0.05) is 11.6 Å². The number of hydrogen-bond donors (Lipinski definition) is 2. The lowest BCUT2D eigenvalue weighted by Gasteiger charge is -2.13. The molecule has 5 nitrogen and oxygen atoms in total. The Hall–Kier alpha value is -1.75. The van der Waals surface area contributed by atoms with Gasteiger partial charge in [0.1, 0.15) is 18.1 Å². The van der Waals surface area contributed by atoms with Crippen LogP contribution < -0.4 is 20.5 Å². The molecule has 0 saturated heterocycles. The molecule has 1 amide bonds. The summed E-state index contributed by atoms with van der Waals surface area (Å²) in [6.45, 7) is 5.35. The fourth-order valence-electron chi connectivity index (χ4n) is 2.01. The van der Waals surface area contributed by atoms with E-state index in [1.54, 1.807) is 6.92 Å². The van der Waals surface area contributed by atoms with Gasteiger partial charge in [0.15, 0.2) is 6.10 Å². The first-order valence-electron chi connectivity index (χ1n) is 6.58. The number of amides is 1. The Bertz CT molecular complexity index is 462. The molecule has 5 heteroatoms. The van der Waals surface area contributed by atoms with Gasteiger partial charge in [-0.1, -0.05) is 6.92 Å². The Labute approximate surface area is 113 Å². The van der Waals surface area contributed by atoms with Crippen LogP contribution in [0.1, 0.15) is 31.9 Å². The summed E-state index contributed by atoms with van der Waals surface area (Å²) >= 11 is 0. The molecule has 0 saturated carbocycles. The van der Waals surface area contributed by atoms with Gasteiger partial charge in [-0.2, -0.15) is 0 Å². The van der Waals surface area contributed by atoms with Gasteiger partial charge in [0.05, 0.1) is 6.04 Å². The van der Waals surface area contributed by atoms with Gasteiger partial charge in [0.2, 0.25) is 0 Å². The first-order chi connectivity index (χ1) is 9.11. The molecule has 0 bridgehead atoms. The van der Waals surface area contributed by atoms with Crippen molar-refractivity contribution in [3.63, 3.8) is 0 Å². The average molecular weight is 264 g/mol. The van der Waals surface area contributed by atoms with Crippen molar-refractivity contribution >= 4 is 5.91 Å². The second-order valence-corrected chi connectivity index (χ2v) is 4.68. The van der Waals surface area contributed by atoms with Gasteiger partial charge in [0.25, 0.3) is 5.91 Å². The maximum atomic E-state index is 11.0. The lowest BCUT2D eigenvalue weighted by atomic mass is 10.1. The van der Waals surface area contributed by atoms with E-state index >= 15 is 0 Å². The molecule has 1 aliphatic rings. The summed E-state index contributed by atoms with van der Waals surface area (Å²) in [6.07, 6.45) is 0.442. The summed E-state index contributed by atoms with van der Waals surface area (Å²) in [4.78, 5) is 11.0. The molecule has 1 heterocycles. The molecule has 0 aromatic heterocycles. The monoisotopic (exact) mass is 264 g/mol. The fourth-order valence-corrected chi connectivity index (χ4v) is 2.01. The van der Waals surface area contributed by atoms with Crippen LogP contribution in [-0.4, -0.2) is 25.2 Å². The second kappa shape index (κ2) is 5.93. The van der Waals surface area contributed by atoms with Crippen molar-refractivity contribution in [2.24, 2.45) is 5.73 Å². The Morgan fingerprint density at radius 2 is 2.42 bits per heavy atom. The minimum atomic E-state index is -0.645. The zero-order chi connectivity index (χ0) is 13.8. The quantitative estimate of drug-likeness (QED) is 0.814. The van der Waals surface area contributed by atoms with Crippen LogP contribution in [-0.2, 0) is 4.79 Å². The Kier molecular flexibility index (Phi) is 4.27. The molecule has 2 unspecified atom stereocenters. The number of benzene rings is 1. The van der Waals surface area contributed by atoms with Crippen LogP contribution in [0, 0.1) is 0 Å². The molecule has 1 aromatic rings. The number of carbonyl (C=O) groups excluding carboxylic acids is 1. The zero-order valence-corrected chi connectivity index (χ0v) is 11.3. The SMILES string of the molecule is CCCNC1COc2cc(OC(C)C(N)=O)ccc21. The first kappa shape index (κ1) is 13.7. The van der Waals surface area contributed by atoms with Gasteiger partial charge in [-0.15, -0.1) is 0 Å². The van der Waals surface area contributed by atoms with Crippen molar-refractivity contribution < 1.29 is 14.3 Å². The number of nitrogens with two attached hydrogens (primary N) is 1. The molecule has 0 spiro atoms. The normalized spacial score (nSPS) is 18.5. The molecule has 0 fully saturated rings.